The van der Waals surface area contributed by atoms with E-state index in [-0.39, 0.29) is 47.7 Å². The summed E-state index contributed by atoms with van der Waals surface area (Å²) in [5.41, 5.74) is 1.36. The van der Waals surface area contributed by atoms with Crippen molar-refractivity contribution in [3.8, 4) is 0 Å². The van der Waals surface area contributed by atoms with Crippen LogP contribution in [0.15, 0.2) is 30.3 Å². The summed E-state index contributed by atoms with van der Waals surface area (Å²) in [6, 6.07) is 10.5. The summed E-state index contributed by atoms with van der Waals surface area (Å²) in [4.78, 5) is 0. The van der Waals surface area contributed by atoms with Gasteiger partial charge in [-0.15, -0.1) is 7.55 Å². The van der Waals surface area contributed by atoms with Gasteiger partial charge >= 0.3 is 0 Å². The smallest absolute Gasteiger partial charge is 0 e. The van der Waals surface area contributed by atoms with Gasteiger partial charge in [0.1, 0.15) is 0 Å². The normalized spacial score (nSPS) is 7.50. The molecule has 0 spiro atoms. The summed E-state index contributed by atoms with van der Waals surface area (Å²) in [5.74, 6) is 2.35. The fourth-order valence-corrected chi connectivity index (χ4v) is 1.74. The molecule has 0 nitrogen and oxygen atoms in total. The summed E-state index contributed by atoms with van der Waals surface area (Å²) in [5, 5.41) is 0. The third-order valence-electron chi connectivity index (χ3n) is 1.25. The van der Waals surface area contributed by atoms with E-state index < -0.39 is 0 Å². The second-order valence-electron chi connectivity index (χ2n) is 2.63. The topological polar surface area (TPSA) is 0 Å². The minimum atomic E-state index is -0.212. The van der Waals surface area contributed by atoms with Gasteiger partial charge in [-0.3, -0.25) is 0 Å². The molecule has 0 N–H and O–H groups in total. The van der Waals surface area contributed by atoms with Crippen LogP contribution in [0.25, 0.3) is 0 Å². The zero-order chi connectivity index (χ0) is 9.40. The molecule has 0 bridgehead atoms. The molecule has 0 amide bonds. The maximum atomic E-state index is 2.35. The third-order valence-corrected chi connectivity index (χ3v) is 2.17. The van der Waals surface area contributed by atoms with Crippen LogP contribution < -0.4 is 0 Å². The molecular weight excluding hydrogens is 264 g/mol. The molecule has 79 valence electrons. The molecule has 1 aromatic carbocycles. The molecule has 1 radical (unpaired) electrons. The quantitative estimate of drug-likeness (QED) is 0.686. The predicted molar refractivity (Wildman–Crippen MR) is 69.9 cm³/mol. The summed E-state index contributed by atoms with van der Waals surface area (Å²) in [6.07, 6.45) is 0. The molecule has 0 fully saturated rings. The molecule has 0 atom stereocenters. The average molecular weight is 287 g/mol. The monoisotopic (exact) mass is 287 g/mol. The number of rotatable bonds is 1. The van der Waals surface area contributed by atoms with E-state index in [1.54, 1.807) is 0 Å². The van der Waals surface area contributed by atoms with Gasteiger partial charge in [0.2, 0.25) is 0 Å². The molecular formula is C12H23PY. The zero-order valence-electron chi connectivity index (χ0n) is 9.04. The molecule has 0 saturated carbocycles. The van der Waals surface area contributed by atoms with Crippen molar-refractivity contribution in [2.45, 2.75) is 21.3 Å². The van der Waals surface area contributed by atoms with Crippen molar-refractivity contribution >= 4 is 13.3 Å². The first kappa shape index (κ1) is 20.1. The molecule has 0 aliphatic carbocycles. The average Bonchev–Trinajstić information content (AvgIpc) is 2.08. The van der Waals surface area contributed by atoms with E-state index >= 15 is 0 Å². The fourth-order valence-electron chi connectivity index (χ4n) is 0.883. The predicted octanol–water partition coefficient (Wildman–Crippen LogP) is 3.97. The molecule has 0 saturated heterocycles. The molecule has 0 unspecified atom stereocenters. The second kappa shape index (κ2) is 13.6. The molecule has 1 rings (SSSR count). The van der Waals surface area contributed by atoms with Crippen molar-refractivity contribution < 1.29 is 32.7 Å². The van der Waals surface area contributed by atoms with E-state index in [1.807, 2.05) is 13.8 Å². The van der Waals surface area contributed by atoms with Gasteiger partial charge < -0.3 is 0 Å². The Bertz CT molecular complexity index is 225. The molecule has 2 heteroatoms. The molecule has 0 heterocycles. The molecule has 0 aliphatic rings. The Labute approximate surface area is 116 Å². The summed E-state index contributed by atoms with van der Waals surface area (Å²) >= 11 is 0. The van der Waals surface area contributed by atoms with Crippen LogP contribution in [0.4, 0.5) is 0 Å². The maximum Gasteiger partial charge on any atom is 0 e. The van der Waals surface area contributed by atoms with Crippen molar-refractivity contribution in [3.63, 3.8) is 0 Å². The molecule has 14 heavy (non-hydrogen) atoms. The minimum absolute atomic E-state index is 0. The van der Waals surface area contributed by atoms with Crippen LogP contribution in [0, 0.1) is 0 Å². The Morgan fingerprint density at radius 1 is 1.00 bits per heavy atom. The van der Waals surface area contributed by atoms with Crippen molar-refractivity contribution in [3.05, 3.63) is 35.9 Å². The van der Waals surface area contributed by atoms with E-state index in [1.165, 1.54) is 5.56 Å². The molecule has 0 aliphatic heterocycles. The fraction of sp³-hybridized carbons (Fsp3) is 0.417. The van der Waals surface area contributed by atoms with Crippen LogP contribution in [-0.2, 0) is 32.7 Å². The van der Waals surface area contributed by atoms with Crippen molar-refractivity contribution in [2.75, 3.05) is 13.3 Å². The summed E-state index contributed by atoms with van der Waals surface area (Å²) < 4.78 is 0. The van der Waals surface area contributed by atoms with Gasteiger partial charge in [-0.1, -0.05) is 57.4 Å². The van der Waals surface area contributed by atoms with Gasteiger partial charge in [0, 0.05) is 32.7 Å². The zero-order valence-corrected chi connectivity index (χ0v) is 12.9. The first-order valence-electron chi connectivity index (χ1n) is 4.49. The van der Waals surface area contributed by atoms with Gasteiger partial charge in [0.15, 0.2) is 0 Å². The van der Waals surface area contributed by atoms with Gasteiger partial charge in [-0.05, 0) is 18.9 Å². The van der Waals surface area contributed by atoms with Crippen molar-refractivity contribution in [2.24, 2.45) is 0 Å². The first-order valence-corrected chi connectivity index (χ1v) is 7.07. The Morgan fingerprint density at radius 3 is 1.79 bits per heavy atom. The van der Waals surface area contributed by atoms with Crippen LogP contribution in [0.2, 0.25) is 0 Å². The number of hydrogen-bond acceptors (Lipinski definition) is 0. The SMILES string of the molecule is C.CC.C[PH](C)=Cc1ccccc1.[Y]. The Morgan fingerprint density at radius 2 is 1.43 bits per heavy atom. The largest absolute Gasteiger partial charge is 0.123 e. The summed E-state index contributed by atoms with van der Waals surface area (Å²) in [6.45, 7) is 8.58. The van der Waals surface area contributed by atoms with Crippen LogP contribution >= 0.6 is 7.55 Å². The van der Waals surface area contributed by atoms with E-state index in [0.717, 1.165) is 0 Å². The van der Waals surface area contributed by atoms with Crippen molar-refractivity contribution in [1.82, 2.24) is 0 Å². The van der Waals surface area contributed by atoms with E-state index in [9.17, 15) is 0 Å². The van der Waals surface area contributed by atoms with Crippen molar-refractivity contribution in [1.29, 1.82) is 0 Å². The minimum Gasteiger partial charge on any atom is -0.123 e. The van der Waals surface area contributed by atoms with Gasteiger partial charge in [-0.25, -0.2) is 0 Å². The molecule has 1 aromatic rings. The van der Waals surface area contributed by atoms with Gasteiger partial charge in [-0.2, -0.15) is 0 Å². The maximum absolute atomic E-state index is 2.35. The van der Waals surface area contributed by atoms with Crippen LogP contribution in [-0.4, -0.2) is 19.1 Å². The standard InChI is InChI=1S/C9H13P.C2H6.CH4.Y/c1-10(2)8-9-6-4-3-5-7-9;1-2;;/h3-8,10H,1-2H3;1-2H3;1H4;. The Hall–Kier alpha value is 0.624. The first-order chi connectivity index (χ1) is 5.79. The number of hydrogen-bond donors (Lipinski definition) is 0. The third kappa shape index (κ3) is 10.7. The van der Waals surface area contributed by atoms with Crippen LogP contribution in [0.1, 0.15) is 26.8 Å². The Balaban J connectivity index is -0.000000284. The molecule has 0 aromatic heterocycles. The van der Waals surface area contributed by atoms with Gasteiger partial charge in [0.05, 0.1) is 0 Å². The van der Waals surface area contributed by atoms with Crippen LogP contribution in [0.3, 0.4) is 0 Å². The van der Waals surface area contributed by atoms with E-state index in [0.29, 0.717) is 0 Å². The van der Waals surface area contributed by atoms with E-state index in [4.69, 9.17) is 0 Å². The van der Waals surface area contributed by atoms with Gasteiger partial charge in [0.25, 0.3) is 0 Å². The van der Waals surface area contributed by atoms with E-state index in [2.05, 4.69) is 49.5 Å². The number of benzene rings is 1. The Kier molecular flexibility index (Phi) is 19.5. The van der Waals surface area contributed by atoms with Crippen LogP contribution in [0.5, 0.6) is 0 Å². The summed E-state index contributed by atoms with van der Waals surface area (Å²) in [7, 11) is -0.212. The second-order valence-corrected chi connectivity index (χ2v) is 5.08.